The minimum atomic E-state index is 0.703. The molecule has 18 heavy (non-hydrogen) atoms. The highest BCUT2D eigenvalue weighted by molar-refractivity contribution is 5.77. The van der Waals surface area contributed by atoms with Gasteiger partial charge in [-0.05, 0) is 50.3 Å². The van der Waals surface area contributed by atoms with Gasteiger partial charge in [0.2, 0.25) is 0 Å². The third kappa shape index (κ3) is 1.83. The highest BCUT2D eigenvalue weighted by Crippen LogP contribution is 2.38. The zero-order chi connectivity index (χ0) is 12.1. The van der Waals surface area contributed by atoms with Gasteiger partial charge >= 0.3 is 0 Å². The molecule has 1 N–H and O–H groups in total. The maximum atomic E-state index is 4.83. The number of hydrogen-bond acceptors (Lipinski definition) is 2. The molecule has 1 aromatic carbocycles. The van der Waals surface area contributed by atoms with Crippen LogP contribution < -0.4 is 5.32 Å². The predicted octanol–water partition coefficient (Wildman–Crippen LogP) is 2.93. The Hall–Kier alpha value is -1.35. The summed E-state index contributed by atoms with van der Waals surface area (Å²) in [6.45, 7) is 3.06. The summed E-state index contributed by atoms with van der Waals surface area (Å²) in [5, 5.41) is 3.59. The molecule has 4 rings (SSSR count). The molecule has 0 amide bonds. The highest BCUT2D eigenvalue weighted by atomic mass is 15.2. The number of aryl methyl sites for hydroxylation is 1. The summed E-state index contributed by atoms with van der Waals surface area (Å²) in [6.07, 6.45) is 5.30. The first-order chi connectivity index (χ1) is 8.81. The molecule has 0 spiro atoms. The van der Waals surface area contributed by atoms with Gasteiger partial charge in [-0.15, -0.1) is 0 Å². The van der Waals surface area contributed by atoms with Gasteiger partial charge in [-0.25, -0.2) is 4.98 Å². The maximum absolute atomic E-state index is 4.83. The molecule has 2 aliphatic carbocycles. The van der Waals surface area contributed by atoms with Crippen molar-refractivity contribution in [3.8, 4) is 0 Å². The van der Waals surface area contributed by atoms with Crippen LogP contribution in [0.15, 0.2) is 18.2 Å². The van der Waals surface area contributed by atoms with Crippen LogP contribution in [0, 0.1) is 6.92 Å². The molecule has 2 aliphatic rings. The lowest BCUT2D eigenvalue weighted by Gasteiger charge is -2.08. The van der Waals surface area contributed by atoms with Crippen molar-refractivity contribution in [1.82, 2.24) is 14.9 Å². The Morgan fingerprint density at radius 2 is 2.11 bits per heavy atom. The lowest BCUT2D eigenvalue weighted by Crippen LogP contribution is -2.18. The second-order valence-corrected chi connectivity index (χ2v) is 5.78. The van der Waals surface area contributed by atoms with E-state index in [9.17, 15) is 0 Å². The van der Waals surface area contributed by atoms with Crippen molar-refractivity contribution in [1.29, 1.82) is 0 Å². The number of nitrogens with one attached hydrogen (secondary N) is 1. The van der Waals surface area contributed by atoms with Crippen molar-refractivity contribution in [3.63, 3.8) is 0 Å². The van der Waals surface area contributed by atoms with Crippen LogP contribution in [-0.2, 0) is 6.54 Å². The van der Waals surface area contributed by atoms with Crippen LogP contribution in [-0.4, -0.2) is 15.6 Å². The molecule has 1 heterocycles. The maximum Gasteiger partial charge on any atom is 0.124 e. The monoisotopic (exact) mass is 241 g/mol. The van der Waals surface area contributed by atoms with Gasteiger partial charge in [-0.1, -0.05) is 6.07 Å². The smallest absolute Gasteiger partial charge is 0.124 e. The summed E-state index contributed by atoms with van der Waals surface area (Å²) in [4.78, 5) is 4.83. The van der Waals surface area contributed by atoms with E-state index < -0.39 is 0 Å². The van der Waals surface area contributed by atoms with Crippen molar-refractivity contribution >= 4 is 11.0 Å². The molecule has 0 atom stereocenters. The number of fused-ring (bicyclic) bond motifs is 1. The fraction of sp³-hybridized carbons (Fsp3) is 0.533. The van der Waals surface area contributed by atoms with Crippen LogP contribution in [0.4, 0.5) is 0 Å². The van der Waals surface area contributed by atoms with E-state index in [-0.39, 0.29) is 0 Å². The quantitative estimate of drug-likeness (QED) is 0.892. The Labute approximate surface area is 107 Å². The first-order valence-corrected chi connectivity index (χ1v) is 7.02. The van der Waals surface area contributed by atoms with Crippen LogP contribution in [0.25, 0.3) is 11.0 Å². The summed E-state index contributed by atoms with van der Waals surface area (Å²) in [5.41, 5.74) is 3.77. The summed E-state index contributed by atoms with van der Waals surface area (Å²) < 4.78 is 2.46. The third-order valence-corrected chi connectivity index (χ3v) is 3.96. The summed E-state index contributed by atoms with van der Waals surface area (Å²) >= 11 is 0. The average molecular weight is 241 g/mol. The summed E-state index contributed by atoms with van der Waals surface area (Å²) in [6, 6.07) is 8.08. The number of benzene rings is 1. The predicted molar refractivity (Wildman–Crippen MR) is 72.6 cm³/mol. The standard InChI is InChI=1S/C15H19N3/c1-10-2-7-14-13(8-10)17-15(9-16-11-3-4-11)18(14)12-5-6-12/h2,7-8,11-12,16H,3-6,9H2,1H3. The van der Waals surface area contributed by atoms with Gasteiger partial charge < -0.3 is 9.88 Å². The van der Waals surface area contributed by atoms with Crippen molar-refractivity contribution in [2.75, 3.05) is 0 Å². The summed E-state index contributed by atoms with van der Waals surface area (Å²) in [7, 11) is 0. The minimum Gasteiger partial charge on any atom is -0.324 e. The van der Waals surface area contributed by atoms with Gasteiger partial charge in [0, 0.05) is 12.1 Å². The van der Waals surface area contributed by atoms with Crippen LogP contribution in [0.5, 0.6) is 0 Å². The lowest BCUT2D eigenvalue weighted by atomic mass is 10.2. The average Bonchev–Trinajstić information content (AvgIpc) is 3.24. The third-order valence-electron chi connectivity index (χ3n) is 3.96. The van der Waals surface area contributed by atoms with Crippen LogP contribution >= 0.6 is 0 Å². The zero-order valence-electron chi connectivity index (χ0n) is 10.8. The van der Waals surface area contributed by atoms with Crippen molar-refractivity contribution in [2.24, 2.45) is 0 Å². The zero-order valence-corrected chi connectivity index (χ0v) is 10.8. The summed E-state index contributed by atoms with van der Waals surface area (Å²) in [5.74, 6) is 1.23. The Balaban J connectivity index is 1.75. The van der Waals surface area contributed by atoms with Gasteiger partial charge in [-0.2, -0.15) is 0 Å². The largest absolute Gasteiger partial charge is 0.324 e. The number of aromatic nitrogens is 2. The van der Waals surface area contributed by atoms with Crippen LogP contribution in [0.2, 0.25) is 0 Å². The van der Waals surface area contributed by atoms with Crippen molar-refractivity contribution < 1.29 is 0 Å². The molecule has 3 nitrogen and oxygen atoms in total. The number of hydrogen-bond donors (Lipinski definition) is 1. The van der Waals surface area contributed by atoms with E-state index in [4.69, 9.17) is 4.98 Å². The Bertz CT molecular complexity index is 591. The number of nitrogens with zero attached hydrogens (tertiary/aromatic N) is 2. The molecule has 2 saturated carbocycles. The van der Waals surface area contributed by atoms with E-state index in [0.717, 1.165) is 18.1 Å². The van der Waals surface area contributed by atoms with E-state index in [2.05, 4.69) is 35.0 Å². The Morgan fingerprint density at radius 3 is 2.83 bits per heavy atom. The van der Waals surface area contributed by atoms with Crippen LogP contribution in [0.1, 0.15) is 43.1 Å². The van der Waals surface area contributed by atoms with Gasteiger partial charge in [0.1, 0.15) is 5.82 Å². The molecular weight excluding hydrogens is 222 g/mol. The van der Waals surface area contributed by atoms with E-state index >= 15 is 0 Å². The molecule has 0 unspecified atom stereocenters. The Kier molecular flexibility index (Phi) is 2.24. The molecule has 2 aromatic rings. The van der Waals surface area contributed by atoms with Gasteiger partial charge in [0.15, 0.2) is 0 Å². The highest BCUT2D eigenvalue weighted by Gasteiger charge is 2.29. The first-order valence-electron chi connectivity index (χ1n) is 7.02. The van der Waals surface area contributed by atoms with E-state index in [1.807, 2.05) is 0 Å². The fourth-order valence-electron chi connectivity index (χ4n) is 2.65. The molecule has 0 bridgehead atoms. The molecule has 0 radical (unpaired) electrons. The molecule has 3 heteroatoms. The SMILES string of the molecule is Cc1ccc2c(c1)nc(CNC1CC1)n2C1CC1. The van der Waals surface area contributed by atoms with Gasteiger partial charge in [0.25, 0.3) is 0 Å². The fourth-order valence-corrected chi connectivity index (χ4v) is 2.65. The first kappa shape index (κ1) is 10.6. The topological polar surface area (TPSA) is 29.9 Å². The second-order valence-electron chi connectivity index (χ2n) is 5.78. The normalized spacial score (nSPS) is 19.6. The Morgan fingerprint density at radius 1 is 1.28 bits per heavy atom. The van der Waals surface area contributed by atoms with E-state index in [0.29, 0.717) is 6.04 Å². The van der Waals surface area contributed by atoms with Crippen molar-refractivity contribution in [3.05, 3.63) is 29.6 Å². The van der Waals surface area contributed by atoms with Crippen LogP contribution in [0.3, 0.4) is 0 Å². The van der Waals surface area contributed by atoms with E-state index in [1.165, 1.54) is 42.6 Å². The molecular formula is C15H19N3. The molecule has 0 saturated heterocycles. The molecule has 1 aromatic heterocycles. The molecule has 2 fully saturated rings. The number of imidazole rings is 1. The molecule has 0 aliphatic heterocycles. The number of rotatable bonds is 4. The van der Waals surface area contributed by atoms with Crippen molar-refractivity contribution in [2.45, 2.75) is 51.2 Å². The minimum absolute atomic E-state index is 0.703. The van der Waals surface area contributed by atoms with Gasteiger partial charge in [-0.3, -0.25) is 0 Å². The van der Waals surface area contributed by atoms with E-state index in [1.54, 1.807) is 0 Å². The van der Waals surface area contributed by atoms with Gasteiger partial charge in [0.05, 0.1) is 17.6 Å². The lowest BCUT2D eigenvalue weighted by molar-refractivity contribution is 0.611. The molecule has 94 valence electrons. The second kappa shape index (κ2) is 3.82.